The summed E-state index contributed by atoms with van der Waals surface area (Å²) in [5.74, 6) is 0.167. The average molecular weight is 310 g/mol. The summed E-state index contributed by atoms with van der Waals surface area (Å²) in [4.78, 5) is 15.8. The zero-order chi connectivity index (χ0) is 15.2. The SMILES string of the molecule is CCNCc1cc(Cl)ccc1N1CCCN(C(C)=O)CC1. The summed E-state index contributed by atoms with van der Waals surface area (Å²) in [7, 11) is 0. The second kappa shape index (κ2) is 7.66. The molecule has 1 N–H and O–H groups in total. The fraction of sp³-hybridized carbons (Fsp3) is 0.562. The molecule has 1 fully saturated rings. The number of halogens is 1. The number of rotatable bonds is 4. The summed E-state index contributed by atoms with van der Waals surface area (Å²) < 4.78 is 0. The van der Waals surface area contributed by atoms with Gasteiger partial charge in [-0.15, -0.1) is 0 Å². The van der Waals surface area contributed by atoms with Crippen molar-refractivity contribution in [2.24, 2.45) is 0 Å². The van der Waals surface area contributed by atoms with E-state index in [9.17, 15) is 4.79 Å². The minimum atomic E-state index is 0.167. The van der Waals surface area contributed by atoms with Crippen molar-refractivity contribution in [3.05, 3.63) is 28.8 Å². The highest BCUT2D eigenvalue weighted by molar-refractivity contribution is 6.30. The standard InChI is InChI=1S/C16H24ClN3O/c1-3-18-12-14-11-15(17)5-6-16(14)20-8-4-7-19(9-10-20)13(2)21/h5-6,11,18H,3-4,7-10,12H2,1-2H3. The third kappa shape index (κ3) is 4.35. The highest BCUT2D eigenvalue weighted by Gasteiger charge is 2.18. The van der Waals surface area contributed by atoms with Crippen molar-refractivity contribution in [1.82, 2.24) is 10.2 Å². The molecule has 4 nitrogen and oxygen atoms in total. The quantitative estimate of drug-likeness (QED) is 0.928. The maximum Gasteiger partial charge on any atom is 0.219 e. The Morgan fingerprint density at radius 2 is 2.10 bits per heavy atom. The molecule has 0 bridgehead atoms. The van der Waals surface area contributed by atoms with Crippen LogP contribution in [0.1, 0.15) is 25.8 Å². The van der Waals surface area contributed by atoms with Gasteiger partial charge in [0.1, 0.15) is 0 Å². The molecule has 0 saturated carbocycles. The van der Waals surface area contributed by atoms with Gasteiger partial charge in [-0.1, -0.05) is 18.5 Å². The van der Waals surface area contributed by atoms with Crippen LogP contribution < -0.4 is 10.2 Å². The first-order chi connectivity index (χ1) is 10.1. The molecule has 1 amide bonds. The van der Waals surface area contributed by atoms with Gasteiger partial charge < -0.3 is 15.1 Å². The lowest BCUT2D eigenvalue weighted by molar-refractivity contribution is -0.128. The largest absolute Gasteiger partial charge is 0.369 e. The molecule has 1 aromatic carbocycles. The Labute approximate surface area is 132 Å². The molecule has 0 aromatic heterocycles. The lowest BCUT2D eigenvalue weighted by Gasteiger charge is -2.26. The number of carbonyl (C=O) groups excluding carboxylic acids is 1. The van der Waals surface area contributed by atoms with Gasteiger partial charge in [0.25, 0.3) is 0 Å². The summed E-state index contributed by atoms with van der Waals surface area (Å²) >= 11 is 6.13. The first kappa shape index (κ1) is 16.1. The molecule has 5 heteroatoms. The van der Waals surface area contributed by atoms with E-state index in [0.717, 1.165) is 50.7 Å². The minimum absolute atomic E-state index is 0.167. The van der Waals surface area contributed by atoms with Crippen molar-refractivity contribution >= 4 is 23.2 Å². The second-order valence-corrected chi connectivity index (χ2v) is 5.84. The highest BCUT2D eigenvalue weighted by atomic mass is 35.5. The van der Waals surface area contributed by atoms with E-state index >= 15 is 0 Å². The lowest BCUT2D eigenvalue weighted by Crippen LogP contribution is -2.34. The smallest absolute Gasteiger partial charge is 0.219 e. The zero-order valence-electron chi connectivity index (χ0n) is 12.9. The van der Waals surface area contributed by atoms with Crippen LogP contribution in [0.2, 0.25) is 5.02 Å². The Hall–Kier alpha value is -1.26. The Bertz CT molecular complexity index is 492. The lowest BCUT2D eigenvalue weighted by atomic mass is 10.1. The van der Waals surface area contributed by atoms with E-state index in [-0.39, 0.29) is 5.91 Å². The fourth-order valence-corrected chi connectivity index (χ4v) is 2.93. The van der Waals surface area contributed by atoms with Crippen LogP contribution in [0.25, 0.3) is 0 Å². The number of hydrogen-bond donors (Lipinski definition) is 1. The van der Waals surface area contributed by atoms with Crippen molar-refractivity contribution in [3.8, 4) is 0 Å². The van der Waals surface area contributed by atoms with Gasteiger partial charge in [0.15, 0.2) is 0 Å². The number of nitrogens with zero attached hydrogens (tertiary/aromatic N) is 2. The van der Waals surface area contributed by atoms with E-state index in [0.29, 0.717) is 0 Å². The van der Waals surface area contributed by atoms with Crippen LogP contribution in [-0.4, -0.2) is 43.5 Å². The van der Waals surface area contributed by atoms with E-state index in [1.54, 1.807) is 6.92 Å². The summed E-state index contributed by atoms with van der Waals surface area (Å²) in [5.41, 5.74) is 2.45. The molecule has 1 aliphatic rings. The van der Waals surface area contributed by atoms with E-state index in [4.69, 9.17) is 11.6 Å². The third-order valence-electron chi connectivity index (χ3n) is 3.89. The molecule has 1 saturated heterocycles. The topological polar surface area (TPSA) is 35.6 Å². The molecule has 0 radical (unpaired) electrons. The number of nitrogens with one attached hydrogen (secondary N) is 1. The average Bonchev–Trinajstić information content (AvgIpc) is 2.71. The molecule has 1 aromatic rings. The molecule has 0 unspecified atom stereocenters. The Balaban J connectivity index is 2.15. The van der Waals surface area contributed by atoms with Crippen molar-refractivity contribution in [2.75, 3.05) is 37.6 Å². The number of hydrogen-bond acceptors (Lipinski definition) is 3. The van der Waals surface area contributed by atoms with Crippen LogP contribution in [0.4, 0.5) is 5.69 Å². The van der Waals surface area contributed by atoms with Crippen molar-refractivity contribution in [3.63, 3.8) is 0 Å². The fourth-order valence-electron chi connectivity index (χ4n) is 2.74. The van der Waals surface area contributed by atoms with E-state index in [2.05, 4.69) is 23.2 Å². The minimum Gasteiger partial charge on any atom is -0.369 e. The third-order valence-corrected chi connectivity index (χ3v) is 4.12. The second-order valence-electron chi connectivity index (χ2n) is 5.40. The number of carbonyl (C=O) groups is 1. The van der Waals surface area contributed by atoms with E-state index < -0.39 is 0 Å². The maximum absolute atomic E-state index is 11.5. The predicted molar refractivity (Wildman–Crippen MR) is 87.9 cm³/mol. The molecule has 0 spiro atoms. The van der Waals surface area contributed by atoms with Gasteiger partial charge in [0, 0.05) is 50.4 Å². The van der Waals surface area contributed by atoms with E-state index in [1.165, 1.54) is 11.3 Å². The van der Waals surface area contributed by atoms with Gasteiger partial charge in [-0.05, 0) is 36.7 Å². The Morgan fingerprint density at radius 1 is 1.29 bits per heavy atom. The maximum atomic E-state index is 11.5. The van der Waals surface area contributed by atoms with Crippen molar-refractivity contribution < 1.29 is 4.79 Å². The zero-order valence-corrected chi connectivity index (χ0v) is 13.6. The molecule has 1 aliphatic heterocycles. The van der Waals surface area contributed by atoms with E-state index in [1.807, 2.05) is 17.0 Å². The van der Waals surface area contributed by atoms with Crippen LogP contribution in [0.3, 0.4) is 0 Å². The van der Waals surface area contributed by atoms with Gasteiger partial charge in [-0.3, -0.25) is 4.79 Å². The van der Waals surface area contributed by atoms with Gasteiger partial charge in [0.2, 0.25) is 5.91 Å². The summed E-state index contributed by atoms with van der Waals surface area (Å²) in [6.45, 7) is 8.99. The summed E-state index contributed by atoms with van der Waals surface area (Å²) in [6.07, 6.45) is 1.00. The molecular weight excluding hydrogens is 286 g/mol. The predicted octanol–water partition coefficient (Wildman–Crippen LogP) is 2.51. The molecular formula is C16H24ClN3O. The van der Waals surface area contributed by atoms with Gasteiger partial charge in [0.05, 0.1) is 0 Å². The summed E-state index contributed by atoms with van der Waals surface area (Å²) in [6, 6.07) is 6.07. The molecule has 0 atom stereocenters. The van der Waals surface area contributed by atoms with Crippen LogP contribution >= 0.6 is 11.6 Å². The van der Waals surface area contributed by atoms with Crippen molar-refractivity contribution in [1.29, 1.82) is 0 Å². The molecule has 1 heterocycles. The molecule has 116 valence electrons. The molecule has 2 rings (SSSR count). The highest BCUT2D eigenvalue weighted by Crippen LogP contribution is 2.25. The molecule has 21 heavy (non-hydrogen) atoms. The Morgan fingerprint density at radius 3 is 2.81 bits per heavy atom. The number of amides is 1. The van der Waals surface area contributed by atoms with Crippen LogP contribution in [0.15, 0.2) is 18.2 Å². The first-order valence-corrected chi connectivity index (χ1v) is 7.99. The van der Waals surface area contributed by atoms with Gasteiger partial charge >= 0.3 is 0 Å². The number of benzene rings is 1. The Kier molecular flexibility index (Phi) is 5.88. The monoisotopic (exact) mass is 309 g/mol. The first-order valence-electron chi connectivity index (χ1n) is 7.61. The van der Waals surface area contributed by atoms with Crippen LogP contribution in [0.5, 0.6) is 0 Å². The number of anilines is 1. The van der Waals surface area contributed by atoms with Gasteiger partial charge in [-0.25, -0.2) is 0 Å². The van der Waals surface area contributed by atoms with Crippen LogP contribution in [0, 0.1) is 0 Å². The van der Waals surface area contributed by atoms with Crippen molar-refractivity contribution in [2.45, 2.75) is 26.8 Å². The normalized spacial score (nSPS) is 16.0. The molecule has 0 aliphatic carbocycles. The van der Waals surface area contributed by atoms with Crippen LogP contribution in [-0.2, 0) is 11.3 Å². The van der Waals surface area contributed by atoms with Gasteiger partial charge in [-0.2, -0.15) is 0 Å². The summed E-state index contributed by atoms with van der Waals surface area (Å²) in [5, 5.41) is 4.13.